The zero-order valence-electron chi connectivity index (χ0n) is 9.85. The first-order valence-electron chi connectivity index (χ1n) is 5.21. The van der Waals surface area contributed by atoms with Crippen molar-refractivity contribution in [2.75, 3.05) is 18.3 Å². The Morgan fingerprint density at radius 3 is 2.70 bits per heavy atom. The molecule has 2 rings (SSSR count). The predicted molar refractivity (Wildman–Crippen MR) is 62.5 cm³/mol. The van der Waals surface area contributed by atoms with Crippen LogP contribution in [0.3, 0.4) is 0 Å². The third kappa shape index (κ3) is 3.39. The van der Waals surface area contributed by atoms with Gasteiger partial charge in [-0.2, -0.15) is 18.2 Å². The molecule has 0 saturated heterocycles. The molecule has 0 unspecified atom stereocenters. The van der Waals surface area contributed by atoms with Crippen molar-refractivity contribution in [3.8, 4) is 0 Å². The van der Waals surface area contributed by atoms with E-state index >= 15 is 0 Å². The van der Waals surface area contributed by atoms with Crippen molar-refractivity contribution in [1.29, 1.82) is 0 Å². The van der Waals surface area contributed by atoms with Gasteiger partial charge >= 0.3 is 11.4 Å². The second-order valence-electron chi connectivity index (χ2n) is 3.90. The first-order valence-corrected chi connectivity index (χ1v) is 6.86. The van der Waals surface area contributed by atoms with E-state index in [1.807, 2.05) is 0 Å². The number of aromatic nitrogens is 1. The van der Waals surface area contributed by atoms with Crippen LogP contribution in [0.2, 0.25) is 0 Å². The van der Waals surface area contributed by atoms with Crippen molar-refractivity contribution < 1.29 is 30.7 Å². The van der Waals surface area contributed by atoms with Crippen LogP contribution in [0, 0.1) is 0 Å². The number of hydrogen-bond acceptors (Lipinski definition) is 6. The summed E-state index contributed by atoms with van der Waals surface area (Å²) in [4.78, 5) is 3.66. The minimum atomic E-state index is -4.61. The number of fused-ring (bicyclic) bond motifs is 1. The van der Waals surface area contributed by atoms with E-state index in [1.165, 1.54) is 18.2 Å². The van der Waals surface area contributed by atoms with Gasteiger partial charge in [-0.3, -0.25) is 0 Å². The first-order chi connectivity index (χ1) is 9.17. The normalized spacial score (nSPS) is 12.9. The molecular formula is C10H9F3N2O4S. The molecule has 1 aromatic heterocycles. The van der Waals surface area contributed by atoms with Crippen LogP contribution in [0.5, 0.6) is 0 Å². The van der Waals surface area contributed by atoms with Gasteiger partial charge in [-0.15, -0.1) is 0 Å². The van der Waals surface area contributed by atoms with Gasteiger partial charge in [0.15, 0.2) is 11.5 Å². The zero-order chi connectivity index (χ0) is 15.0. The quantitative estimate of drug-likeness (QED) is 0.864. The van der Waals surface area contributed by atoms with Gasteiger partial charge in [-0.1, -0.05) is 0 Å². The van der Waals surface area contributed by atoms with Crippen molar-refractivity contribution >= 4 is 26.6 Å². The van der Waals surface area contributed by atoms with Crippen molar-refractivity contribution in [3.05, 3.63) is 18.2 Å². The minimum absolute atomic E-state index is 0.161. The molecule has 6 nitrogen and oxygen atoms in total. The van der Waals surface area contributed by atoms with Gasteiger partial charge in [-0.05, 0) is 18.2 Å². The smallest absolute Gasteiger partial charge is 0.411 e. The van der Waals surface area contributed by atoms with Crippen LogP contribution in [-0.2, 0) is 14.6 Å². The van der Waals surface area contributed by atoms with Gasteiger partial charge in [0, 0.05) is 5.69 Å². The summed E-state index contributed by atoms with van der Waals surface area (Å²) in [6.07, 6.45) is -4.61. The molecule has 0 spiro atoms. The average Bonchev–Trinajstić information content (AvgIpc) is 2.70. The third-order valence-electron chi connectivity index (χ3n) is 2.16. The number of alkyl halides is 3. The molecular weight excluding hydrogens is 301 g/mol. The summed E-state index contributed by atoms with van der Waals surface area (Å²) in [5, 5.41) is -0.708. The number of nitrogens with two attached hydrogens (primary N) is 1. The standard InChI is InChI=1S/C10H9F3N2O4S/c11-10(12,13)4-18-5-20(16,17)9-15-7-3-6(14)1-2-8(7)19-9/h1-3H,4-5,14H2. The molecule has 10 heteroatoms. The monoisotopic (exact) mass is 310 g/mol. The van der Waals surface area contributed by atoms with Crippen molar-refractivity contribution in [1.82, 2.24) is 4.98 Å². The Balaban J connectivity index is 2.19. The Bertz CT molecular complexity index is 724. The molecule has 0 radical (unpaired) electrons. The predicted octanol–water partition coefficient (Wildman–Crippen LogP) is 1.72. The van der Waals surface area contributed by atoms with E-state index < -0.39 is 33.8 Å². The summed E-state index contributed by atoms with van der Waals surface area (Å²) < 4.78 is 68.1. The largest absolute Gasteiger partial charge is 0.428 e. The van der Waals surface area contributed by atoms with E-state index in [2.05, 4.69) is 9.72 Å². The van der Waals surface area contributed by atoms with Crippen LogP contribution in [-0.4, -0.2) is 32.1 Å². The molecule has 20 heavy (non-hydrogen) atoms. The fourth-order valence-corrected chi connectivity index (χ4v) is 2.23. The molecule has 2 N–H and O–H groups in total. The highest BCUT2D eigenvalue weighted by atomic mass is 32.2. The molecule has 0 aliphatic rings. The number of oxazole rings is 1. The Hall–Kier alpha value is -1.81. The van der Waals surface area contributed by atoms with Gasteiger partial charge in [-0.25, -0.2) is 8.42 Å². The topological polar surface area (TPSA) is 95.4 Å². The highest BCUT2D eigenvalue weighted by Gasteiger charge is 2.30. The van der Waals surface area contributed by atoms with Gasteiger partial charge < -0.3 is 14.9 Å². The number of halogens is 3. The number of nitrogens with zero attached hydrogens (tertiary/aromatic N) is 1. The molecule has 0 aliphatic carbocycles. The van der Waals surface area contributed by atoms with E-state index in [0.717, 1.165) is 0 Å². The van der Waals surface area contributed by atoms with Gasteiger partial charge in [0.05, 0.1) is 0 Å². The van der Waals surface area contributed by atoms with Crippen LogP contribution in [0.4, 0.5) is 18.9 Å². The van der Waals surface area contributed by atoms with Crippen molar-refractivity contribution in [2.45, 2.75) is 11.4 Å². The molecule has 0 saturated carbocycles. The maximum absolute atomic E-state index is 11.9. The lowest BCUT2D eigenvalue weighted by atomic mass is 10.3. The van der Waals surface area contributed by atoms with E-state index in [4.69, 9.17) is 10.2 Å². The molecule has 0 atom stereocenters. The number of nitrogen functional groups attached to an aromatic ring is 1. The fourth-order valence-electron chi connectivity index (χ4n) is 1.37. The maximum Gasteiger partial charge on any atom is 0.411 e. The number of anilines is 1. The summed E-state index contributed by atoms with van der Waals surface area (Å²) in [7, 11) is -4.20. The van der Waals surface area contributed by atoms with E-state index in [1.54, 1.807) is 0 Å². The first kappa shape index (κ1) is 14.6. The number of hydrogen-bond donors (Lipinski definition) is 1. The summed E-state index contributed by atoms with van der Waals surface area (Å²) in [5.74, 6) is -1.17. The lowest BCUT2D eigenvalue weighted by molar-refractivity contribution is -0.169. The summed E-state index contributed by atoms with van der Waals surface area (Å²) in [5.41, 5.74) is 6.19. The van der Waals surface area contributed by atoms with Crippen LogP contribution >= 0.6 is 0 Å². The highest BCUT2D eigenvalue weighted by Crippen LogP contribution is 2.22. The number of sulfone groups is 1. The molecule has 2 aromatic rings. The Labute approximate surface area is 111 Å². The Morgan fingerprint density at radius 2 is 2.05 bits per heavy atom. The lowest BCUT2D eigenvalue weighted by Gasteiger charge is -2.06. The number of ether oxygens (including phenoxy) is 1. The summed E-state index contributed by atoms with van der Waals surface area (Å²) in [6, 6.07) is 4.27. The average molecular weight is 310 g/mol. The molecule has 0 aliphatic heterocycles. The number of rotatable bonds is 4. The van der Waals surface area contributed by atoms with E-state index in [0.29, 0.717) is 5.69 Å². The Kier molecular flexibility index (Phi) is 3.61. The van der Waals surface area contributed by atoms with E-state index in [9.17, 15) is 21.6 Å². The zero-order valence-corrected chi connectivity index (χ0v) is 10.7. The molecule has 1 aromatic carbocycles. The highest BCUT2D eigenvalue weighted by molar-refractivity contribution is 7.91. The minimum Gasteiger partial charge on any atom is -0.428 e. The maximum atomic E-state index is 11.9. The molecule has 110 valence electrons. The fraction of sp³-hybridized carbons (Fsp3) is 0.300. The second-order valence-corrected chi connectivity index (χ2v) is 5.72. The molecule has 0 bridgehead atoms. The van der Waals surface area contributed by atoms with Gasteiger partial charge in [0.1, 0.15) is 12.1 Å². The lowest BCUT2D eigenvalue weighted by Crippen LogP contribution is -2.20. The molecule has 0 amide bonds. The summed E-state index contributed by atoms with van der Waals surface area (Å²) >= 11 is 0. The van der Waals surface area contributed by atoms with E-state index in [-0.39, 0.29) is 11.1 Å². The van der Waals surface area contributed by atoms with Crippen molar-refractivity contribution in [2.24, 2.45) is 0 Å². The molecule has 0 fully saturated rings. The summed E-state index contributed by atoms with van der Waals surface area (Å²) in [6.45, 7) is -1.67. The van der Waals surface area contributed by atoms with Crippen molar-refractivity contribution in [3.63, 3.8) is 0 Å². The molecule has 1 heterocycles. The van der Waals surface area contributed by atoms with Crippen LogP contribution < -0.4 is 5.73 Å². The van der Waals surface area contributed by atoms with Gasteiger partial charge in [0.2, 0.25) is 0 Å². The van der Waals surface area contributed by atoms with Crippen LogP contribution in [0.15, 0.2) is 27.8 Å². The van der Waals surface area contributed by atoms with Crippen LogP contribution in [0.25, 0.3) is 11.1 Å². The number of benzene rings is 1. The Morgan fingerprint density at radius 1 is 1.35 bits per heavy atom. The van der Waals surface area contributed by atoms with Crippen LogP contribution in [0.1, 0.15) is 0 Å². The third-order valence-corrected chi connectivity index (χ3v) is 3.35. The van der Waals surface area contributed by atoms with Gasteiger partial charge in [0.25, 0.3) is 9.84 Å². The second kappa shape index (κ2) is 4.94. The SMILES string of the molecule is Nc1ccc2oc(S(=O)(=O)COCC(F)(F)F)nc2c1.